The highest BCUT2D eigenvalue weighted by Crippen LogP contribution is 2.14. The number of aryl methyl sites for hydroxylation is 1. The number of nitriles is 1. The fraction of sp³-hybridized carbons (Fsp3) is 0.643. The Balaban J connectivity index is 1.74. The summed E-state index contributed by atoms with van der Waals surface area (Å²) in [5.74, 6) is 0.782. The molecule has 2 heterocycles. The van der Waals surface area contributed by atoms with Crippen molar-refractivity contribution in [2.24, 2.45) is 13.0 Å². The molecule has 1 N–H and O–H groups in total. The number of nitrogens with zero attached hydrogens (tertiary/aromatic N) is 3. The van der Waals surface area contributed by atoms with Crippen LogP contribution in [0.1, 0.15) is 24.6 Å². The molecular formula is C14H22N4. The average molecular weight is 246 g/mol. The predicted octanol–water partition coefficient (Wildman–Crippen LogP) is 1.33. The summed E-state index contributed by atoms with van der Waals surface area (Å²) in [5.41, 5.74) is 1.92. The zero-order valence-electron chi connectivity index (χ0n) is 11.3. The molecule has 98 valence electrons. The monoisotopic (exact) mass is 246 g/mol. The molecule has 4 nitrogen and oxygen atoms in total. The third-order valence-corrected chi connectivity index (χ3v) is 3.76. The van der Waals surface area contributed by atoms with E-state index in [1.807, 2.05) is 23.9 Å². The van der Waals surface area contributed by atoms with E-state index >= 15 is 0 Å². The molecule has 1 aliphatic heterocycles. The Morgan fingerprint density at radius 2 is 2.39 bits per heavy atom. The van der Waals surface area contributed by atoms with Gasteiger partial charge in [-0.15, -0.1) is 0 Å². The summed E-state index contributed by atoms with van der Waals surface area (Å²) in [6.07, 6.45) is 3.33. The minimum atomic E-state index is 0.727. The zero-order valence-corrected chi connectivity index (χ0v) is 11.3. The number of rotatable bonds is 5. The molecule has 2 rings (SSSR count). The van der Waals surface area contributed by atoms with Crippen LogP contribution in [0.25, 0.3) is 0 Å². The van der Waals surface area contributed by atoms with Crippen molar-refractivity contribution in [3.63, 3.8) is 0 Å². The van der Waals surface area contributed by atoms with Gasteiger partial charge in [-0.1, -0.05) is 6.92 Å². The van der Waals surface area contributed by atoms with Gasteiger partial charge in [-0.3, -0.25) is 0 Å². The van der Waals surface area contributed by atoms with Gasteiger partial charge in [0.1, 0.15) is 11.8 Å². The Kier molecular flexibility index (Phi) is 4.40. The Labute approximate surface area is 109 Å². The van der Waals surface area contributed by atoms with Crippen molar-refractivity contribution in [1.29, 1.82) is 5.26 Å². The lowest BCUT2D eigenvalue weighted by Crippen LogP contribution is -2.26. The summed E-state index contributed by atoms with van der Waals surface area (Å²) in [6, 6.07) is 4.15. The van der Waals surface area contributed by atoms with E-state index in [0.29, 0.717) is 0 Å². The van der Waals surface area contributed by atoms with Crippen molar-refractivity contribution in [2.45, 2.75) is 19.9 Å². The van der Waals surface area contributed by atoms with E-state index in [1.54, 1.807) is 0 Å². The van der Waals surface area contributed by atoms with Gasteiger partial charge in [-0.2, -0.15) is 5.26 Å². The van der Waals surface area contributed by atoms with Gasteiger partial charge in [-0.25, -0.2) is 0 Å². The number of likely N-dealkylation sites (tertiary alicyclic amines) is 1. The smallest absolute Gasteiger partial charge is 0.120 e. The van der Waals surface area contributed by atoms with Crippen LogP contribution in [0.3, 0.4) is 0 Å². The van der Waals surface area contributed by atoms with Gasteiger partial charge in [0, 0.05) is 26.3 Å². The lowest BCUT2D eigenvalue weighted by molar-refractivity contribution is 0.339. The summed E-state index contributed by atoms with van der Waals surface area (Å²) >= 11 is 0. The second-order valence-corrected chi connectivity index (χ2v) is 5.14. The van der Waals surface area contributed by atoms with Gasteiger partial charge in [0.2, 0.25) is 0 Å². The van der Waals surface area contributed by atoms with E-state index in [4.69, 9.17) is 5.26 Å². The maximum absolute atomic E-state index is 8.89. The molecule has 1 unspecified atom stereocenters. The van der Waals surface area contributed by atoms with Crippen LogP contribution in [-0.2, 0) is 13.6 Å². The lowest BCUT2D eigenvalue weighted by Gasteiger charge is -2.13. The maximum atomic E-state index is 8.89. The quantitative estimate of drug-likeness (QED) is 0.852. The summed E-state index contributed by atoms with van der Waals surface area (Å²) in [7, 11) is 1.91. The van der Waals surface area contributed by atoms with E-state index in [9.17, 15) is 0 Å². The highest BCUT2D eigenvalue weighted by molar-refractivity contribution is 5.28. The highest BCUT2D eigenvalue weighted by Gasteiger charge is 2.20. The molecular weight excluding hydrogens is 224 g/mol. The van der Waals surface area contributed by atoms with Crippen LogP contribution in [0, 0.1) is 17.2 Å². The van der Waals surface area contributed by atoms with E-state index in [0.717, 1.165) is 24.7 Å². The first kappa shape index (κ1) is 13.1. The number of nitrogens with one attached hydrogen (secondary N) is 1. The second-order valence-electron chi connectivity index (χ2n) is 5.14. The van der Waals surface area contributed by atoms with Crippen molar-refractivity contribution in [3.8, 4) is 6.07 Å². The van der Waals surface area contributed by atoms with E-state index < -0.39 is 0 Å². The Bertz CT molecular complexity index is 429. The normalized spacial score (nSPS) is 20.2. The number of hydrogen-bond donors (Lipinski definition) is 1. The second kappa shape index (κ2) is 6.03. The Hall–Kier alpha value is -1.31. The highest BCUT2D eigenvalue weighted by atomic mass is 15.1. The molecule has 1 aromatic heterocycles. The van der Waals surface area contributed by atoms with Gasteiger partial charge in [0.05, 0.1) is 0 Å². The Morgan fingerprint density at radius 1 is 1.56 bits per heavy atom. The first-order chi connectivity index (χ1) is 8.72. The van der Waals surface area contributed by atoms with Gasteiger partial charge in [0.25, 0.3) is 0 Å². The molecule has 18 heavy (non-hydrogen) atoms. The minimum Gasteiger partial charge on any atom is -0.342 e. The van der Waals surface area contributed by atoms with Crippen LogP contribution in [0.15, 0.2) is 12.3 Å². The third-order valence-electron chi connectivity index (χ3n) is 3.76. The molecule has 0 aliphatic carbocycles. The summed E-state index contributed by atoms with van der Waals surface area (Å²) < 4.78 is 1.88. The first-order valence-electron chi connectivity index (χ1n) is 6.71. The van der Waals surface area contributed by atoms with Gasteiger partial charge >= 0.3 is 0 Å². The van der Waals surface area contributed by atoms with Crippen molar-refractivity contribution >= 4 is 0 Å². The van der Waals surface area contributed by atoms with Gasteiger partial charge < -0.3 is 14.8 Å². The van der Waals surface area contributed by atoms with Crippen molar-refractivity contribution in [3.05, 3.63) is 23.5 Å². The van der Waals surface area contributed by atoms with E-state index in [1.165, 1.54) is 31.6 Å². The SMILES string of the molecule is CCN1CCC(CNCc2cc(C#N)n(C)c2)C1. The fourth-order valence-electron chi connectivity index (χ4n) is 2.63. The van der Waals surface area contributed by atoms with E-state index in [2.05, 4.69) is 23.2 Å². The van der Waals surface area contributed by atoms with Crippen LogP contribution >= 0.6 is 0 Å². The van der Waals surface area contributed by atoms with Crippen LogP contribution < -0.4 is 5.32 Å². The maximum Gasteiger partial charge on any atom is 0.120 e. The molecule has 0 aromatic carbocycles. The van der Waals surface area contributed by atoms with Crippen molar-refractivity contribution in [2.75, 3.05) is 26.2 Å². The summed E-state index contributed by atoms with van der Waals surface area (Å²) in [5, 5.41) is 12.4. The van der Waals surface area contributed by atoms with Crippen LogP contribution in [-0.4, -0.2) is 35.6 Å². The minimum absolute atomic E-state index is 0.727. The van der Waals surface area contributed by atoms with Gasteiger partial charge in [-0.05, 0) is 43.6 Å². The molecule has 0 spiro atoms. The van der Waals surface area contributed by atoms with Crippen molar-refractivity contribution in [1.82, 2.24) is 14.8 Å². The van der Waals surface area contributed by atoms with Crippen molar-refractivity contribution < 1.29 is 0 Å². The van der Waals surface area contributed by atoms with Gasteiger partial charge in [0.15, 0.2) is 0 Å². The third kappa shape index (κ3) is 3.12. The lowest BCUT2D eigenvalue weighted by atomic mass is 10.1. The average Bonchev–Trinajstić information content (AvgIpc) is 2.96. The van der Waals surface area contributed by atoms with Crippen LogP contribution in [0.4, 0.5) is 0 Å². The molecule has 1 saturated heterocycles. The molecule has 1 fully saturated rings. The largest absolute Gasteiger partial charge is 0.342 e. The molecule has 1 aromatic rings. The molecule has 1 aliphatic rings. The Morgan fingerprint density at radius 3 is 3.00 bits per heavy atom. The molecule has 4 heteroatoms. The molecule has 1 atom stereocenters. The molecule has 0 saturated carbocycles. The molecule has 0 bridgehead atoms. The zero-order chi connectivity index (χ0) is 13.0. The summed E-state index contributed by atoms with van der Waals surface area (Å²) in [6.45, 7) is 7.80. The first-order valence-corrected chi connectivity index (χ1v) is 6.71. The standard InChI is InChI=1S/C14H22N4/c1-3-18-5-4-12(11-18)8-16-9-13-6-14(7-15)17(2)10-13/h6,10,12,16H,3-5,8-9,11H2,1-2H3. The number of aromatic nitrogens is 1. The summed E-state index contributed by atoms with van der Waals surface area (Å²) in [4.78, 5) is 2.50. The predicted molar refractivity (Wildman–Crippen MR) is 72.1 cm³/mol. The fourth-order valence-corrected chi connectivity index (χ4v) is 2.63. The molecule has 0 radical (unpaired) electrons. The van der Waals surface area contributed by atoms with E-state index in [-0.39, 0.29) is 0 Å². The van der Waals surface area contributed by atoms with Crippen LogP contribution in [0.5, 0.6) is 0 Å². The molecule has 0 amide bonds. The number of hydrogen-bond acceptors (Lipinski definition) is 3. The topological polar surface area (TPSA) is 44.0 Å². The van der Waals surface area contributed by atoms with Crippen LogP contribution in [0.2, 0.25) is 0 Å².